The van der Waals surface area contributed by atoms with Gasteiger partial charge in [-0.05, 0) is 96.0 Å². The van der Waals surface area contributed by atoms with E-state index in [1.807, 2.05) is 25.2 Å². The molecule has 9 nitrogen and oxygen atoms in total. The van der Waals surface area contributed by atoms with Crippen molar-refractivity contribution in [3.8, 4) is 0 Å². The van der Waals surface area contributed by atoms with Crippen molar-refractivity contribution >= 4 is 64.6 Å². The fraction of sp³-hybridized carbons (Fsp3) is 0.574. The van der Waals surface area contributed by atoms with Crippen LogP contribution in [-0.4, -0.2) is 54.5 Å². The van der Waals surface area contributed by atoms with Crippen LogP contribution < -0.4 is 25.7 Å². The van der Waals surface area contributed by atoms with Gasteiger partial charge in [0.15, 0.2) is 5.78 Å². The van der Waals surface area contributed by atoms with Crippen LogP contribution in [0.15, 0.2) is 23.0 Å². The molecule has 64 heavy (non-hydrogen) atoms. The summed E-state index contributed by atoms with van der Waals surface area (Å²) >= 11 is 0. The molecule has 0 spiro atoms. The van der Waals surface area contributed by atoms with Crippen LogP contribution in [0.1, 0.15) is 180 Å². The molecule has 1 saturated heterocycles. The normalized spacial score (nSPS) is 21.9. The van der Waals surface area contributed by atoms with Crippen molar-refractivity contribution < 1.29 is 23.9 Å². The summed E-state index contributed by atoms with van der Waals surface area (Å²) in [6.45, 7) is 24.1. The number of allylic oxidation sites excluding steroid dienone is 3. The van der Waals surface area contributed by atoms with E-state index in [9.17, 15) is 14.4 Å². The van der Waals surface area contributed by atoms with Gasteiger partial charge in [-0.1, -0.05) is 144 Å². The maximum atomic E-state index is 14.3. The van der Waals surface area contributed by atoms with E-state index >= 15 is 0 Å². The Balaban J connectivity index is 0.00000771. The molecule has 3 aromatic heterocycles. The summed E-state index contributed by atoms with van der Waals surface area (Å²) in [5.41, 5.74) is 11.2. The summed E-state index contributed by atoms with van der Waals surface area (Å²) < 4.78 is 11.0. The number of Topliss-reactive ketones (excluding diaryl/α,β-unsaturated/α-hetero) is 1. The van der Waals surface area contributed by atoms with Crippen molar-refractivity contribution in [2.75, 3.05) is 13.7 Å². The monoisotopic (exact) mass is 881 g/mol. The van der Waals surface area contributed by atoms with Crippen LogP contribution in [0, 0.1) is 63.2 Å². The molecule has 342 valence electrons. The van der Waals surface area contributed by atoms with Crippen molar-refractivity contribution in [1.82, 2.24) is 15.0 Å². The summed E-state index contributed by atoms with van der Waals surface area (Å²) in [5.74, 6) is -0.614. The first-order valence-corrected chi connectivity index (χ1v) is 23.8. The Kier molecular flexibility index (Phi) is 17.9. The molecular formula is C54H72MgN4O5-2. The summed E-state index contributed by atoms with van der Waals surface area (Å²) in [6, 6.07) is 0. The largest absolute Gasteiger partial charge is 2.00 e. The number of carbonyl (C=O) groups excluding carboxylic acids is 3. The second-order valence-corrected chi connectivity index (χ2v) is 19.4. The van der Waals surface area contributed by atoms with Gasteiger partial charge in [-0.2, -0.15) is 11.4 Å². The molecule has 5 heterocycles. The number of nitrogens with zero attached hydrogens (tertiary/aromatic N) is 4. The predicted octanol–water partition coefficient (Wildman–Crippen LogP) is 10.0. The van der Waals surface area contributed by atoms with Crippen LogP contribution in [0.3, 0.4) is 0 Å². The van der Waals surface area contributed by atoms with Crippen molar-refractivity contribution in [2.45, 2.75) is 153 Å². The molecular weight excluding hydrogens is 809 g/mol. The van der Waals surface area contributed by atoms with Gasteiger partial charge in [-0.15, -0.1) is 33.5 Å². The topological polar surface area (TPSA) is 126 Å². The molecule has 3 aromatic rings. The molecule has 0 saturated carbocycles. The summed E-state index contributed by atoms with van der Waals surface area (Å²) in [7, 11) is 1.30. The molecule has 2 aliphatic heterocycles. The first-order valence-electron chi connectivity index (χ1n) is 23.8. The van der Waals surface area contributed by atoms with Crippen LogP contribution in [-0.2, 0) is 25.5 Å². The number of esters is 2. The zero-order valence-electron chi connectivity index (χ0n) is 41.0. The van der Waals surface area contributed by atoms with Gasteiger partial charge in [0.1, 0.15) is 12.5 Å². The number of hydrogen-bond acceptors (Lipinski definition) is 5. The minimum Gasteiger partial charge on any atom is -0.664 e. The van der Waals surface area contributed by atoms with Gasteiger partial charge in [-0.3, -0.25) is 14.4 Å². The van der Waals surface area contributed by atoms with E-state index in [2.05, 4.69) is 75.3 Å². The molecule has 0 amide bonds. The van der Waals surface area contributed by atoms with Crippen LogP contribution >= 0.6 is 0 Å². The number of rotatable bonds is 19. The number of hydrogen-bond donors (Lipinski definition) is 0. The molecule has 8 bridgehead atoms. The Bertz CT molecular complexity index is 2400. The van der Waals surface area contributed by atoms with Crippen LogP contribution in [0.4, 0.5) is 0 Å². The average Bonchev–Trinajstić information content (AvgIpc) is 3.97. The van der Waals surface area contributed by atoms with Gasteiger partial charge in [-0.25, -0.2) is 0 Å². The standard InChI is InChI=1S/C54H73N4O5.Mg/c1-13-39-36(9)43-27-41-34(7)35(8)42(55-41)28-44-37(10)40(51(57-44)49-50(54(61)62-12)53(60)48-38(11)45(58-52(48)49)29-46(39)56-43)23-24-47(59)63-26-25-33(6)22-16-21-32(5)20-15-19-31(4)18-14-17-30(2)3;/h25,27-32,37,40,50H,13-24,26H2,1-12H3,(H-,57,58,60);/q-3;+2/p-1/b33-25+,43-27-,44-28-,46-29-;/t31-,32-,37+,40+,50-;/m1./s1. The van der Waals surface area contributed by atoms with Gasteiger partial charge in [0.05, 0.1) is 7.11 Å². The molecule has 1 fully saturated rings. The van der Waals surface area contributed by atoms with Gasteiger partial charge in [0, 0.05) is 12.0 Å². The summed E-state index contributed by atoms with van der Waals surface area (Å²) in [6.07, 6.45) is 20.7. The minimum absolute atomic E-state index is 0. The second-order valence-electron chi connectivity index (χ2n) is 19.4. The first-order chi connectivity index (χ1) is 30.0. The SMILES string of the molecule is CCc1c(C)/c2[n-]/c1=C\c1[n-]c3c(c1C)C(=O)[C@H](C(=O)OC)/C3=C1/[N-]/C(=C\c3[n-]c(c(C)c3C)\C=2)[C@@H](C)[C@@H]1CCC(=O)OC/C=C(\C)CCC[C@H](C)CCC[C@H](C)CCCC(C)C.[Mg+2]. The van der Waals surface area contributed by atoms with E-state index in [1.165, 1.54) is 57.6 Å². The number of fused-ring (bicyclic) bond motifs is 7. The van der Waals surface area contributed by atoms with Crippen LogP contribution in [0.25, 0.3) is 29.1 Å². The quantitative estimate of drug-likeness (QED) is 0.0504. The number of methoxy groups -OCH3 is 1. The maximum Gasteiger partial charge on any atom is 2.00 e. The molecule has 0 radical (unpaired) electrons. The Morgan fingerprint density at radius 3 is 2.03 bits per heavy atom. The van der Waals surface area contributed by atoms with Gasteiger partial charge >= 0.3 is 35.0 Å². The average molecular weight is 881 g/mol. The van der Waals surface area contributed by atoms with Crippen molar-refractivity contribution in [1.29, 1.82) is 0 Å². The molecule has 1 aliphatic carbocycles. The van der Waals surface area contributed by atoms with Crippen LogP contribution in [0.5, 0.6) is 0 Å². The molecule has 0 N–H and O–H groups in total. The molecule has 3 aliphatic rings. The summed E-state index contributed by atoms with van der Waals surface area (Å²) in [4.78, 5) is 56.5. The van der Waals surface area contributed by atoms with Gasteiger partial charge < -0.3 is 29.7 Å². The summed E-state index contributed by atoms with van der Waals surface area (Å²) in [5, 5.41) is 6.89. The Hall–Kier alpha value is -4.02. The smallest absolute Gasteiger partial charge is 0.664 e. The molecule has 6 rings (SSSR count). The Labute approximate surface area is 399 Å². The maximum absolute atomic E-state index is 14.3. The van der Waals surface area contributed by atoms with Crippen LogP contribution in [0.2, 0.25) is 0 Å². The third-order valence-electron chi connectivity index (χ3n) is 14.3. The predicted molar refractivity (Wildman–Crippen MR) is 259 cm³/mol. The minimum atomic E-state index is -1.21. The van der Waals surface area contributed by atoms with E-state index in [0.29, 0.717) is 40.2 Å². The molecule has 0 unspecified atom stereocenters. The number of ether oxygens (including phenoxy) is 2. The van der Waals surface area contributed by atoms with Crippen molar-refractivity contribution in [3.05, 3.63) is 95.2 Å². The molecule has 10 heteroatoms. The number of aromatic nitrogens is 3. The van der Waals surface area contributed by atoms with E-state index < -0.39 is 11.9 Å². The zero-order valence-corrected chi connectivity index (χ0v) is 42.4. The Morgan fingerprint density at radius 1 is 0.781 bits per heavy atom. The van der Waals surface area contributed by atoms with E-state index in [-0.39, 0.29) is 59.7 Å². The molecule has 0 aromatic carbocycles. The third kappa shape index (κ3) is 11.3. The number of carbonyl (C=O) groups is 3. The second kappa shape index (κ2) is 22.4. The Morgan fingerprint density at radius 2 is 1.39 bits per heavy atom. The zero-order chi connectivity index (χ0) is 45.7. The fourth-order valence-corrected chi connectivity index (χ4v) is 9.93. The van der Waals surface area contributed by atoms with Gasteiger partial charge in [0.2, 0.25) is 0 Å². The van der Waals surface area contributed by atoms with Gasteiger partial charge in [0.25, 0.3) is 0 Å². The first kappa shape index (κ1) is 51.0. The number of ketones is 1. The van der Waals surface area contributed by atoms with Crippen molar-refractivity contribution in [3.63, 3.8) is 0 Å². The van der Waals surface area contributed by atoms with E-state index in [1.54, 1.807) is 0 Å². The van der Waals surface area contributed by atoms with Crippen molar-refractivity contribution in [2.24, 2.45) is 35.5 Å². The van der Waals surface area contributed by atoms with E-state index in [4.69, 9.17) is 29.7 Å². The fourth-order valence-electron chi connectivity index (χ4n) is 9.93. The molecule has 5 atom stereocenters. The third-order valence-corrected chi connectivity index (χ3v) is 14.3. The van der Waals surface area contributed by atoms with E-state index in [0.717, 1.165) is 87.1 Å².